The first-order valence-corrected chi connectivity index (χ1v) is 6.23. The van der Waals surface area contributed by atoms with Gasteiger partial charge in [0.15, 0.2) is 6.23 Å². The summed E-state index contributed by atoms with van der Waals surface area (Å²) < 4.78 is 6.15. The number of aromatic nitrogens is 2. The quantitative estimate of drug-likeness (QED) is 0.330. The highest BCUT2D eigenvalue weighted by atomic mass is 16.6. The fraction of sp³-hybridized carbons (Fsp3) is 0.636. The Bertz CT molecular complexity index is 535. The van der Waals surface area contributed by atoms with Crippen LogP contribution < -0.4 is 11.0 Å². The van der Waals surface area contributed by atoms with Crippen LogP contribution in [-0.4, -0.2) is 72.3 Å². The first-order chi connectivity index (χ1) is 9.97. The summed E-state index contributed by atoms with van der Waals surface area (Å²) in [6, 6.07) is 1.36. The molecule has 0 saturated carbocycles. The van der Waals surface area contributed by atoms with E-state index < -0.39 is 49.7 Å². The number of nitrogens with zero attached hydrogens (tertiary/aromatic N) is 2. The van der Waals surface area contributed by atoms with Gasteiger partial charge in [0.05, 0.1) is 6.61 Å². The lowest BCUT2D eigenvalue weighted by atomic mass is 9.98. The van der Waals surface area contributed by atoms with Crippen LogP contribution in [0.25, 0.3) is 0 Å². The smallest absolute Gasteiger partial charge is 0.351 e. The number of hydrogen-bond acceptors (Lipinski definition) is 9. The predicted octanol–water partition coefficient (Wildman–Crippen LogP) is -3.60. The van der Waals surface area contributed by atoms with Gasteiger partial charge >= 0.3 is 5.69 Å². The maximum absolute atomic E-state index is 11.5. The van der Waals surface area contributed by atoms with Crippen LogP contribution in [-0.2, 0) is 11.5 Å². The minimum Gasteiger partial charge on any atom is -0.394 e. The second-order valence-electron chi connectivity index (χ2n) is 4.60. The zero-order chi connectivity index (χ0) is 15.6. The molecule has 10 nitrogen and oxygen atoms in total. The zero-order valence-electron chi connectivity index (χ0n) is 10.9. The normalized spacial score (nSPS) is 32.9. The van der Waals surface area contributed by atoms with Crippen LogP contribution in [0.5, 0.6) is 0 Å². The molecule has 6 N–H and O–H groups in total. The van der Waals surface area contributed by atoms with Crippen molar-refractivity contribution >= 4 is 5.82 Å². The molecule has 0 aromatic carbocycles. The second-order valence-corrected chi connectivity index (χ2v) is 4.60. The Hall–Kier alpha value is -1.56. The van der Waals surface area contributed by atoms with Gasteiger partial charge < -0.3 is 35.6 Å². The average Bonchev–Trinajstić information content (AvgIpc) is 2.48. The molecule has 2 rings (SSSR count). The molecule has 2 heterocycles. The lowest BCUT2D eigenvalue weighted by Gasteiger charge is -2.40. The minimum atomic E-state index is -1.52. The number of ether oxygens (including phenoxy) is 1. The van der Waals surface area contributed by atoms with Crippen LogP contribution in [0.2, 0.25) is 0 Å². The van der Waals surface area contributed by atoms with E-state index >= 15 is 0 Å². The van der Waals surface area contributed by atoms with Crippen molar-refractivity contribution < 1.29 is 30.3 Å². The number of hydrogen-bond donors (Lipinski definition) is 6. The molecule has 1 saturated heterocycles. The largest absolute Gasteiger partial charge is 0.394 e. The molecule has 5 atom stereocenters. The molecule has 1 aliphatic heterocycles. The molecule has 0 bridgehead atoms. The van der Waals surface area contributed by atoms with Crippen molar-refractivity contribution in [1.29, 1.82) is 0 Å². The molecule has 10 heteroatoms. The van der Waals surface area contributed by atoms with E-state index in [9.17, 15) is 20.1 Å². The fourth-order valence-electron chi connectivity index (χ4n) is 1.98. The number of rotatable bonds is 4. The molecular weight excluding hydrogens is 286 g/mol. The molecule has 0 radical (unpaired) electrons. The van der Waals surface area contributed by atoms with Crippen LogP contribution >= 0.6 is 0 Å². The SMILES string of the molecule is O=c1nc(NC2O[C@H](CO)[C@@H](O)[C@H](O)[C@H]2O)ccn1CO. The van der Waals surface area contributed by atoms with Crippen molar-refractivity contribution in [3.63, 3.8) is 0 Å². The van der Waals surface area contributed by atoms with Crippen molar-refractivity contribution in [2.45, 2.75) is 37.4 Å². The third kappa shape index (κ3) is 3.20. The molecule has 21 heavy (non-hydrogen) atoms. The van der Waals surface area contributed by atoms with E-state index in [1.54, 1.807) is 0 Å². The minimum absolute atomic E-state index is 0.0500. The molecule has 0 aliphatic carbocycles. The van der Waals surface area contributed by atoms with E-state index in [0.717, 1.165) is 4.57 Å². The van der Waals surface area contributed by atoms with E-state index in [1.807, 2.05) is 0 Å². The van der Waals surface area contributed by atoms with Gasteiger partial charge in [-0.3, -0.25) is 4.57 Å². The standard InChI is InChI=1S/C11H17N3O7/c15-3-5-7(17)8(18)9(19)10(21-5)12-6-1-2-14(4-16)11(20)13-6/h1-2,5,7-10,15-19H,3-4H2,(H,12,13,20)/t5-,7-,8+,9-,10?/m1/s1. The number of aliphatic hydroxyl groups excluding tert-OH is 5. The van der Waals surface area contributed by atoms with Crippen LogP contribution in [0, 0.1) is 0 Å². The predicted molar refractivity (Wildman–Crippen MR) is 68.1 cm³/mol. The van der Waals surface area contributed by atoms with Crippen LogP contribution in [0.1, 0.15) is 0 Å². The molecular formula is C11H17N3O7. The number of aliphatic hydroxyl groups is 5. The topological polar surface area (TPSA) is 157 Å². The molecule has 0 spiro atoms. The molecule has 1 aliphatic rings. The summed E-state index contributed by atoms with van der Waals surface area (Å²) >= 11 is 0. The summed E-state index contributed by atoms with van der Waals surface area (Å²) in [5.74, 6) is 0.0500. The Morgan fingerprint density at radius 3 is 2.52 bits per heavy atom. The van der Waals surface area contributed by atoms with Gasteiger partial charge in [0, 0.05) is 6.20 Å². The summed E-state index contributed by atoms with van der Waals surface area (Å²) in [6.07, 6.45) is -5.41. The summed E-state index contributed by atoms with van der Waals surface area (Å²) in [5.41, 5.74) is -0.716. The van der Waals surface area contributed by atoms with Gasteiger partial charge in [-0.25, -0.2) is 4.79 Å². The zero-order valence-corrected chi connectivity index (χ0v) is 10.9. The second kappa shape index (κ2) is 6.47. The Morgan fingerprint density at radius 2 is 1.95 bits per heavy atom. The average molecular weight is 303 g/mol. The molecule has 0 amide bonds. The summed E-state index contributed by atoms with van der Waals surface area (Å²) in [6.45, 7) is -1.07. The third-order valence-corrected chi connectivity index (χ3v) is 3.21. The lowest BCUT2D eigenvalue weighted by Crippen LogP contribution is -2.60. The first-order valence-electron chi connectivity index (χ1n) is 6.23. The maximum atomic E-state index is 11.5. The van der Waals surface area contributed by atoms with E-state index in [1.165, 1.54) is 12.3 Å². The molecule has 1 aromatic rings. The highest BCUT2D eigenvalue weighted by Crippen LogP contribution is 2.21. The monoisotopic (exact) mass is 303 g/mol. The lowest BCUT2D eigenvalue weighted by molar-refractivity contribution is -0.221. The van der Waals surface area contributed by atoms with Crippen molar-refractivity contribution in [2.75, 3.05) is 11.9 Å². The van der Waals surface area contributed by atoms with Crippen molar-refractivity contribution in [1.82, 2.24) is 9.55 Å². The van der Waals surface area contributed by atoms with E-state index in [2.05, 4.69) is 10.3 Å². The van der Waals surface area contributed by atoms with E-state index in [0.29, 0.717) is 0 Å². The van der Waals surface area contributed by atoms with Gasteiger partial charge in [-0.2, -0.15) is 4.98 Å². The number of anilines is 1. The van der Waals surface area contributed by atoms with Crippen LogP contribution in [0.4, 0.5) is 5.82 Å². The molecule has 1 unspecified atom stereocenters. The summed E-state index contributed by atoms with van der Waals surface area (Å²) in [7, 11) is 0. The summed E-state index contributed by atoms with van der Waals surface area (Å²) in [4.78, 5) is 15.1. The Morgan fingerprint density at radius 1 is 1.24 bits per heavy atom. The van der Waals surface area contributed by atoms with Crippen molar-refractivity contribution in [2.24, 2.45) is 0 Å². The van der Waals surface area contributed by atoms with Crippen LogP contribution in [0.3, 0.4) is 0 Å². The highest BCUT2D eigenvalue weighted by molar-refractivity contribution is 5.33. The van der Waals surface area contributed by atoms with Gasteiger partial charge in [0.2, 0.25) is 0 Å². The van der Waals surface area contributed by atoms with Crippen molar-refractivity contribution in [3.8, 4) is 0 Å². The van der Waals surface area contributed by atoms with Crippen LogP contribution in [0.15, 0.2) is 17.1 Å². The number of nitrogens with one attached hydrogen (secondary N) is 1. The molecule has 118 valence electrons. The Kier molecular flexibility index (Phi) is 4.88. The van der Waals surface area contributed by atoms with Gasteiger partial charge in [0.1, 0.15) is 37.0 Å². The Labute approximate surface area is 118 Å². The fourth-order valence-corrected chi connectivity index (χ4v) is 1.98. The molecule has 1 aromatic heterocycles. The van der Waals surface area contributed by atoms with Gasteiger partial charge in [-0.15, -0.1) is 0 Å². The van der Waals surface area contributed by atoms with Gasteiger partial charge in [0.25, 0.3) is 0 Å². The third-order valence-electron chi connectivity index (χ3n) is 3.21. The Balaban J connectivity index is 2.14. The summed E-state index contributed by atoms with van der Waals surface area (Å²) in [5, 5.41) is 49.6. The van der Waals surface area contributed by atoms with E-state index in [4.69, 9.17) is 14.9 Å². The van der Waals surface area contributed by atoms with Crippen molar-refractivity contribution in [3.05, 3.63) is 22.7 Å². The van der Waals surface area contributed by atoms with E-state index in [-0.39, 0.29) is 5.82 Å². The molecule has 1 fully saturated rings. The first kappa shape index (κ1) is 15.8. The van der Waals surface area contributed by atoms with Gasteiger partial charge in [-0.05, 0) is 6.07 Å². The van der Waals surface area contributed by atoms with Gasteiger partial charge in [-0.1, -0.05) is 0 Å². The maximum Gasteiger partial charge on any atom is 0.351 e. The highest BCUT2D eigenvalue weighted by Gasteiger charge is 2.43.